The van der Waals surface area contributed by atoms with E-state index in [0.29, 0.717) is 0 Å². The number of hydrogen-bond acceptors (Lipinski definition) is 4. The van der Waals surface area contributed by atoms with Gasteiger partial charge in [0.2, 0.25) is 0 Å². The van der Waals surface area contributed by atoms with Crippen LogP contribution in [0.1, 0.15) is 17.7 Å². The molecule has 0 amide bonds. The second-order valence-corrected chi connectivity index (χ2v) is 5.55. The topological polar surface area (TPSA) is 41.8 Å². The molecular formula is C9H10BrNO2S. The standard InChI is InChI=1S/C9H10BrNO2S/c10-9-4-3-8(14-9)7-2-1-6(5-12)13-11-7/h3-4,6,12H,1-2,5H2. The highest BCUT2D eigenvalue weighted by Crippen LogP contribution is 2.26. The second kappa shape index (κ2) is 4.42. The normalized spacial score (nSPS) is 21.6. The summed E-state index contributed by atoms with van der Waals surface area (Å²) in [5.41, 5.74) is 0.977. The monoisotopic (exact) mass is 275 g/mol. The van der Waals surface area contributed by atoms with E-state index in [4.69, 9.17) is 9.94 Å². The van der Waals surface area contributed by atoms with Crippen LogP contribution in [0, 0.1) is 0 Å². The van der Waals surface area contributed by atoms with Crippen LogP contribution in [0.4, 0.5) is 0 Å². The van der Waals surface area contributed by atoms with Gasteiger partial charge in [0.1, 0.15) is 0 Å². The van der Waals surface area contributed by atoms with Gasteiger partial charge in [-0.15, -0.1) is 11.3 Å². The number of thiophene rings is 1. The van der Waals surface area contributed by atoms with Crippen LogP contribution in [0.5, 0.6) is 0 Å². The van der Waals surface area contributed by atoms with E-state index in [0.717, 1.165) is 27.2 Å². The molecule has 0 spiro atoms. The molecular weight excluding hydrogens is 266 g/mol. The third-order valence-corrected chi connectivity index (χ3v) is 3.75. The molecule has 1 atom stereocenters. The van der Waals surface area contributed by atoms with Crippen molar-refractivity contribution in [3.8, 4) is 0 Å². The van der Waals surface area contributed by atoms with Gasteiger partial charge in [0.25, 0.3) is 0 Å². The van der Waals surface area contributed by atoms with Crippen LogP contribution in [0.25, 0.3) is 0 Å². The molecule has 1 aromatic rings. The molecule has 2 heterocycles. The van der Waals surface area contributed by atoms with Crippen LogP contribution in [0.3, 0.4) is 0 Å². The average Bonchev–Trinajstić information content (AvgIpc) is 2.65. The lowest BCUT2D eigenvalue weighted by atomic mass is 10.1. The smallest absolute Gasteiger partial charge is 0.150 e. The van der Waals surface area contributed by atoms with Crippen LogP contribution in [-0.2, 0) is 4.84 Å². The molecule has 0 bridgehead atoms. The average molecular weight is 276 g/mol. The van der Waals surface area contributed by atoms with Crippen LogP contribution < -0.4 is 0 Å². The van der Waals surface area contributed by atoms with E-state index in [-0.39, 0.29) is 12.7 Å². The minimum Gasteiger partial charge on any atom is -0.392 e. The summed E-state index contributed by atoms with van der Waals surface area (Å²) in [4.78, 5) is 6.27. The maximum absolute atomic E-state index is 8.85. The number of oxime groups is 1. The SMILES string of the molecule is OCC1CCC(c2ccc(Br)s2)=NO1. The van der Waals surface area contributed by atoms with Crippen molar-refractivity contribution in [2.45, 2.75) is 18.9 Å². The molecule has 1 aliphatic heterocycles. The highest BCUT2D eigenvalue weighted by atomic mass is 79.9. The first-order chi connectivity index (χ1) is 6.79. The lowest BCUT2D eigenvalue weighted by molar-refractivity contribution is 0.00460. The fourth-order valence-corrected chi connectivity index (χ4v) is 2.69. The van der Waals surface area contributed by atoms with Crippen LogP contribution >= 0.6 is 27.3 Å². The third kappa shape index (κ3) is 2.16. The van der Waals surface area contributed by atoms with Crippen molar-refractivity contribution < 1.29 is 9.94 Å². The zero-order valence-electron chi connectivity index (χ0n) is 7.44. The molecule has 0 aromatic carbocycles. The van der Waals surface area contributed by atoms with Crippen molar-refractivity contribution in [2.75, 3.05) is 6.61 Å². The van der Waals surface area contributed by atoms with Gasteiger partial charge in [-0.2, -0.15) is 0 Å². The molecule has 0 radical (unpaired) electrons. The first-order valence-electron chi connectivity index (χ1n) is 4.39. The highest BCUT2D eigenvalue weighted by molar-refractivity contribution is 9.11. The van der Waals surface area contributed by atoms with E-state index in [2.05, 4.69) is 21.1 Å². The van der Waals surface area contributed by atoms with Crippen molar-refractivity contribution in [1.29, 1.82) is 0 Å². The zero-order chi connectivity index (χ0) is 9.97. The largest absolute Gasteiger partial charge is 0.392 e. The number of halogens is 1. The molecule has 3 nitrogen and oxygen atoms in total. The fraction of sp³-hybridized carbons (Fsp3) is 0.444. The molecule has 5 heteroatoms. The first kappa shape index (κ1) is 10.1. The lowest BCUT2D eigenvalue weighted by Gasteiger charge is -2.18. The summed E-state index contributed by atoms with van der Waals surface area (Å²) in [5, 5.41) is 12.9. The predicted molar refractivity (Wildman–Crippen MR) is 59.7 cm³/mol. The Balaban J connectivity index is 2.10. The van der Waals surface area contributed by atoms with Gasteiger partial charge in [0, 0.05) is 0 Å². The molecule has 1 unspecified atom stereocenters. The van der Waals surface area contributed by atoms with Gasteiger partial charge in [-0.3, -0.25) is 0 Å². The number of rotatable bonds is 2. The molecule has 1 aromatic heterocycles. The molecule has 0 fully saturated rings. The summed E-state index contributed by atoms with van der Waals surface area (Å²) in [6.07, 6.45) is 1.59. The molecule has 14 heavy (non-hydrogen) atoms. The van der Waals surface area contributed by atoms with Crippen molar-refractivity contribution in [3.63, 3.8) is 0 Å². The Morgan fingerprint density at radius 1 is 1.64 bits per heavy atom. The van der Waals surface area contributed by atoms with Crippen molar-refractivity contribution in [2.24, 2.45) is 5.16 Å². The van der Waals surface area contributed by atoms with E-state index in [9.17, 15) is 0 Å². The Bertz CT molecular complexity index is 350. The summed E-state index contributed by atoms with van der Waals surface area (Å²) in [6.45, 7) is 0.0465. The molecule has 0 saturated carbocycles. The summed E-state index contributed by atoms with van der Waals surface area (Å²) in [6, 6.07) is 4.02. The zero-order valence-corrected chi connectivity index (χ0v) is 9.84. The summed E-state index contributed by atoms with van der Waals surface area (Å²) >= 11 is 5.05. The highest BCUT2D eigenvalue weighted by Gasteiger charge is 2.18. The second-order valence-electron chi connectivity index (χ2n) is 3.09. The number of nitrogens with zero attached hydrogens (tertiary/aromatic N) is 1. The molecule has 1 aliphatic rings. The Morgan fingerprint density at radius 3 is 3.00 bits per heavy atom. The van der Waals surface area contributed by atoms with Crippen molar-refractivity contribution in [3.05, 3.63) is 20.8 Å². The molecule has 0 aliphatic carbocycles. The molecule has 2 rings (SSSR count). The predicted octanol–water partition coefficient (Wildman–Crippen LogP) is 2.39. The van der Waals surface area contributed by atoms with Gasteiger partial charge < -0.3 is 9.94 Å². The summed E-state index contributed by atoms with van der Waals surface area (Å²) in [5.74, 6) is 0. The number of hydrogen-bond donors (Lipinski definition) is 1. The Labute approximate surface area is 94.5 Å². The van der Waals surface area contributed by atoms with Gasteiger partial charge >= 0.3 is 0 Å². The first-order valence-corrected chi connectivity index (χ1v) is 6.00. The Morgan fingerprint density at radius 2 is 2.50 bits per heavy atom. The molecule has 76 valence electrons. The van der Waals surface area contributed by atoms with Crippen molar-refractivity contribution in [1.82, 2.24) is 0 Å². The minimum atomic E-state index is -0.123. The van der Waals surface area contributed by atoms with Crippen LogP contribution in [0.15, 0.2) is 21.1 Å². The van der Waals surface area contributed by atoms with Gasteiger partial charge in [-0.05, 0) is 40.9 Å². The van der Waals surface area contributed by atoms with Gasteiger partial charge in [-0.25, -0.2) is 0 Å². The van der Waals surface area contributed by atoms with Gasteiger partial charge in [-0.1, -0.05) is 5.16 Å². The van der Waals surface area contributed by atoms with E-state index >= 15 is 0 Å². The summed E-state index contributed by atoms with van der Waals surface area (Å²) in [7, 11) is 0. The quantitative estimate of drug-likeness (QED) is 0.901. The Kier molecular flexibility index (Phi) is 3.20. The van der Waals surface area contributed by atoms with Gasteiger partial charge in [0.15, 0.2) is 6.10 Å². The summed E-state index contributed by atoms with van der Waals surface area (Å²) < 4.78 is 1.10. The van der Waals surface area contributed by atoms with Gasteiger partial charge in [0.05, 0.1) is 21.0 Å². The lowest BCUT2D eigenvalue weighted by Crippen LogP contribution is -2.22. The maximum Gasteiger partial charge on any atom is 0.150 e. The van der Waals surface area contributed by atoms with E-state index < -0.39 is 0 Å². The maximum atomic E-state index is 8.85. The van der Waals surface area contributed by atoms with Crippen LogP contribution in [0.2, 0.25) is 0 Å². The molecule has 1 N–H and O–H groups in total. The minimum absolute atomic E-state index is 0.0465. The van der Waals surface area contributed by atoms with Crippen molar-refractivity contribution >= 4 is 33.0 Å². The number of aliphatic hydroxyl groups is 1. The molecule has 0 saturated heterocycles. The van der Waals surface area contributed by atoms with E-state index in [1.807, 2.05) is 12.1 Å². The fourth-order valence-electron chi connectivity index (χ4n) is 1.30. The van der Waals surface area contributed by atoms with E-state index in [1.54, 1.807) is 11.3 Å². The number of aliphatic hydroxyl groups excluding tert-OH is 1. The Hall–Kier alpha value is -0.390. The third-order valence-electron chi connectivity index (χ3n) is 2.08. The van der Waals surface area contributed by atoms with Crippen LogP contribution in [-0.4, -0.2) is 23.5 Å². The van der Waals surface area contributed by atoms with E-state index in [1.165, 1.54) is 0 Å².